The first-order chi connectivity index (χ1) is 8.70. The van der Waals surface area contributed by atoms with Crippen LogP contribution in [0.15, 0.2) is 0 Å². The summed E-state index contributed by atoms with van der Waals surface area (Å²) in [6.45, 7) is 4.91. The Kier molecular flexibility index (Phi) is 4.74. The Balaban J connectivity index is 2.43. The van der Waals surface area contributed by atoms with Crippen molar-refractivity contribution in [3.63, 3.8) is 0 Å². The van der Waals surface area contributed by atoms with Crippen molar-refractivity contribution in [1.29, 1.82) is 0 Å². The molecule has 1 heterocycles. The van der Waals surface area contributed by atoms with Gasteiger partial charge in [0.1, 0.15) is 11.6 Å². The van der Waals surface area contributed by atoms with Crippen molar-refractivity contribution in [3.8, 4) is 0 Å². The molecule has 1 rings (SSSR count). The maximum atomic E-state index is 11.7. The summed E-state index contributed by atoms with van der Waals surface area (Å²) < 4.78 is 9.74. The topological polar surface area (TPSA) is 93.1 Å². The summed E-state index contributed by atoms with van der Waals surface area (Å²) in [5.41, 5.74) is -0.652. The van der Waals surface area contributed by atoms with E-state index >= 15 is 0 Å². The van der Waals surface area contributed by atoms with Gasteiger partial charge in [-0.1, -0.05) is 0 Å². The van der Waals surface area contributed by atoms with Crippen molar-refractivity contribution < 1.29 is 29.0 Å². The number of rotatable bonds is 3. The number of carboxylic acid groups (broad SMARTS) is 1. The number of amides is 1. The maximum absolute atomic E-state index is 11.7. The molecule has 1 amide bonds. The van der Waals surface area contributed by atoms with Crippen LogP contribution in [-0.2, 0) is 19.1 Å². The van der Waals surface area contributed by atoms with E-state index in [0.29, 0.717) is 19.4 Å². The fourth-order valence-electron chi connectivity index (χ4n) is 1.82. The lowest BCUT2D eigenvalue weighted by Gasteiger charge is -2.22. The van der Waals surface area contributed by atoms with Gasteiger partial charge in [0.05, 0.1) is 0 Å². The minimum atomic E-state index is -1.06. The Morgan fingerprint density at radius 1 is 1.32 bits per heavy atom. The van der Waals surface area contributed by atoms with Gasteiger partial charge < -0.3 is 14.6 Å². The van der Waals surface area contributed by atoms with Crippen LogP contribution in [0.25, 0.3) is 0 Å². The van der Waals surface area contributed by atoms with Gasteiger partial charge in [0.2, 0.25) is 0 Å². The third-order valence-corrected chi connectivity index (χ3v) is 2.51. The van der Waals surface area contributed by atoms with Gasteiger partial charge in [0.25, 0.3) is 0 Å². The molecule has 1 aliphatic rings. The van der Waals surface area contributed by atoms with Crippen molar-refractivity contribution in [1.82, 2.24) is 4.90 Å². The summed E-state index contributed by atoms with van der Waals surface area (Å²) in [6, 6.07) is -0.869. The quantitative estimate of drug-likeness (QED) is 0.771. The van der Waals surface area contributed by atoms with Crippen LogP contribution in [-0.4, -0.2) is 52.8 Å². The van der Waals surface area contributed by atoms with Crippen molar-refractivity contribution in [2.75, 3.05) is 13.2 Å². The molecule has 0 bridgehead atoms. The average Bonchev–Trinajstić information content (AvgIpc) is 2.72. The van der Waals surface area contributed by atoms with E-state index in [1.54, 1.807) is 20.8 Å². The first kappa shape index (κ1) is 15.3. The number of carbonyl (C=O) groups excluding carboxylic acids is 2. The molecular weight excluding hydrogens is 254 g/mol. The molecule has 1 unspecified atom stereocenters. The van der Waals surface area contributed by atoms with E-state index in [-0.39, 0.29) is 0 Å². The molecule has 0 aliphatic carbocycles. The number of carboxylic acids is 1. The molecule has 19 heavy (non-hydrogen) atoms. The second kappa shape index (κ2) is 5.90. The predicted octanol–water partition coefficient (Wildman–Crippen LogP) is 1.01. The van der Waals surface area contributed by atoms with Crippen LogP contribution in [0.2, 0.25) is 0 Å². The zero-order chi connectivity index (χ0) is 14.6. The minimum absolute atomic E-state index is 0.324. The van der Waals surface area contributed by atoms with Gasteiger partial charge in [0, 0.05) is 6.54 Å². The normalized spacial score (nSPS) is 19.1. The number of nitrogens with zero attached hydrogens (tertiary/aromatic N) is 1. The van der Waals surface area contributed by atoms with Gasteiger partial charge in [-0.05, 0) is 33.6 Å². The summed E-state index contributed by atoms with van der Waals surface area (Å²) in [6.07, 6.45) is 0.214. The number of carbonyl (C=O) groups is 3. The lowest BCUT2D eigenvalue weighted by atomic mass is 10.2. The van der Waals surface area contributed by atoms with E-state index in [2.05, 4.69) is 0 Å². The molecule has 0 aromatic rings. The Morgan fingerprint density at radius 3 is 2.47 bits per heavy atom. The predicted molar refractivity (Wildman–Crippen MR) is 64.6 cm³/mol. The van der Waals surface area contributed by atoms with Gasteiger partial charge in [0.15, 0.2) is 6.61 Å². The highest BCUT2D eigenvalue weighted by Gasteiger charge is 2.35. The molecular formula is C12H19NO6. The molecule has 1 aliphatic heterocycles. The number of likely N-dealkylation sites (tertiary alicyclic amines) is 1. The second-order valence-corrected chi connectivity index (χ2v) is 5.33. The smallest absolute Gasteiger partial charge is 0.411 e. The van der Waals surface area contributed by atoms with E-state index < -0.39 is 36.3 Å². The van der Waals surface area contributed by atoms with Gasteiger partial charge >= 0.3 is 18.0 Å². The van der Waals surface area contributed by atoms with E-state index in [1.165, 1.54) is 0 Å². The van der Waals surface area contributed by atoms with Crippen molar-refractivity contribution in [2.45, 2.75) is 45.3 Å². The van der Waals surface area contributed by atoms with Crippen LogP contribution in [0.4, 0.5) is 4.79 Å². The Hall–Kier alpha value is -1.79. The Bertz CT molecular complexity index is 373. The standard InChI is InChI=1S/C12H19NO6/c1-12(2,3)19-9(14)7-18-11(17)13-6-4-5-8(13)10(15)16/h8H,4-7H2,1-3H3,(H,15,16). The van der Waals surface area contributed by atoms with E-state index in [0.717, 1.165) is 4.90 Å². The average molecular weight is 273 g/mol. The lowest BCUT2D eigenvalue weighted by molar-refractivity contribution is -0.158. The van der Waals surface area contributed by atoms with Crippen molar-refractivity contribution in [2.24, 2.45) is 0 Å². The fourth-order valence-corrected chi connectivity index (χ4v) is 1.82. The summed E-state index contributed by atoms with van der Waals surface area (Å²) in [5, 5.41) is 8.92. The Morgan fingerprint density at radius 2 is 1.95 bits per heavy atom. The van der Waals surface area contributed by atoms with Crippen LogP contribution in [0.3, 0.4) is 0 Å². The maximum Gasteiger partial charge on any atom is 0.411 e. The molecule has 1 atom stereocenters. The zero-order valence-electron chi connectivity index (χ0n) is 11.3. The summed E-state index contributed by atoms with van der Waals surface area (Å²) in [4.78, 5) is 35.0. The minimum Gasteiger partial charge on any atom is -0.480 e. The number of ether oxygens (including phenoxy) is 2. The molecule has 108 valence electrons. The van der Waals surface area contributed by atoms with E-state index in [9.17, 15) is 14.4 Å². The lowest BCUT2D eigenvalue weighted by Crippen LogP contribution is -2.41. The van der Waals surface area contributed by atoms with Crippen LogP contribution in [0.5, 0.6) is 0 Å². The third-order valence-electron chi connectivity index (χ3n) is 2.51. The summed E-state index contributed by atoms with van der Waals surface area (Å²) in [5.74, 6) is -1.72. The fraction of sp³-hybridized carbons (Fsp3) is 0.750. The molecule has 0 saturated carbocycles. The van der Waals surface area contributed by atoms with Crippen LogP contribution in [0, 0.1) is 0 Å². The number of hydrogen-bond donors (Lipinski definition) is 1. The molecule has 1 fully saturated rings. The highest BCUT2D eigenvalue weighted by atomic mass is 16.6. The molecule has 0 aromatic heterocycles. The monoisotopic (exact) mass is 273 g/mol. The van der Waals surface area contributed by atoms with Crippen LogP contribution >= 0.6 is 0 Å². The number of aliphatic carboxylic acids is 1. The van der Waals surface area contributed by atoms with Gasteiger partial charge in [-0.3, -0.25) is 4.90 Å². The number of esters is 1. The highest BCUT2D eigenvalue weighted by Crippen LogP contribution is 2.18. The first-order valence-corrected chi connectivity index (χ1v) is 6.09. The number of hydrogen-bond acceptors (Lipinski definition) is 5. The van der Waals surface area contributed by atoms with Crippen LogP contribution in [0.1, 0.15) is 33.6 Å². The SMILES string of the molecule is CC(C)(C)OC(=O)COC(=O)N1CCCC1C(=O)O. The highest BCUT2D eigenvalue weighted by molar-refractivity contribution is 5.82. The summed E-state index contributed by atoms with van der Waals surface area (Å²) >= 11 is 0. The molecule has 0 radical (unpaired) electrons. The van der Waals surface area contributed by atoms with Crippen molar-refractivity contribution >= 4 is 18.0 Å². The molecule has 7 nitrogen and oxygen atoms in total. The van der Waals surface area contributed by atoms with E-state index in [4.69, 9.17) is 14.6 Å². The summed E-state index contributed by atoms with van der Waals surface area (Å²) in [7, 11) is 0. The third kappa shape index (κ3) is 4.76. The van der Waals surface area contributed by atoms with E-state index in [1.807, 2.05) is 0 Å². The van der Waals surface area contributed by atoms with Crippen molar-refractivity contribution in [3.05, 3.63) is 0 Å². The molecule has 7 heteroatoms. The van der Waals surface area contributed by atoms with Gasteiger partial charge in [-0.15, -0.1) is 0 Å². The largest absolute Gasteiger partial charge is 0.480 e. The van der Waals surface area contributed by atoms with Crippen LogP contribution < -0.4 is 0 Å². The molecule has 0 aromatic carbocycles. The molecule has 0 spiro atoms. The zero-order valence-corrected chi connectivity index (χ0v) is 11.3. The second-order valence-electron chi connectivity index (χ2n) is 5.33. The molecule has 1 saturated heterocycles. The van der Waals surface area contributed by atoms with Gasteiger partial charge in [-0.2, -0.15) is 0 Å². The first-order valence-electron chi connectivity index (χ1n) is 6.09. The molecule has 1 N–H and O–H groups in total. The van der Waals surface area contributed by atoms with Gasteiger partial charge in [-0.25, -0.2) is 14.4 Å². The Labute approximate surface area is 111 Å².